The van der Waals surface area contributed by atoms with E-state index in [4.69, 9.17) is 0 Å². The van der Waals surface area contributed by atoms with Gasteiger partial charge in [-0.3, -0.25) is 9.59 Å². The quantitative estimate of drug-likeness (QED) is 0.563. The molecule has 162 valence electrons. The zero-order valence-electron chi connectivity index (χ0n) is 18.3. The molecule has 0 spiro atoms. The number of aryl methyl sites for hydroxylation is 1. The fourth-order valence-corrected chi connectivity index (χ4v) is 3.60. The number of rotatable bonds is 8. The summed E-state index contributed by atoms with van der Waals surface area (Å²) >= 11 is 1.11. The number of hydrogen-bond acceptors (Lipinski definition) is 5. The number of carbonyl (C=O) groups excluding carboxylic acids is 2. The molecule has 0 aliphatic carbocycles. The van der Waals surface area contributed by atoms with Gasteiger partial charge in [0.25, 0.3) is 5.91 Å². The van der Waals surface area contributed by atoms with Gasteiger partial charge in [0.15, 0.2) is 5.69 Å². The van der Waals surface area contributed by atoms with Crippen LogP contribution in [0.25, 0.3) is 0 Å². The van der Waals surface area contributed by atoms with Gasteiger partial charge in [0.1, 0.15) is 6.04 Å². The molecule has 1 atom stereocenters. The van der Waals surface area contributed by atoms with Crippen LogP contribution in [-0.4, -0.2) is 31.8 Å². The second-order valence-corrected chi connectivity index (χ2v) is 8.86. The summed E-state index contributed by atoms with van der Waals surface area (Å²) in [5, 5.41) is 8.69. The maximum absolute atomic E-state index is 13.5. The predicted octanol–water partition coefficient (Wildman–Crippen LogP) is 4.54. The molecule has 0 radical (unpaired) electrons. The average molecular weight is 437 g/mol. The smallest absolute Gasteiger partial charge is 0.276 e. The normalized spacial score (nSPS) is 12.3. The van der Waals surface area contributed by atoms with Crippen LogP contribution in [0.2, 0.25) is 0 Å². The summed E-state index contributed by atoms with van der Waals surface area (Å²) in [6, 6.07) is 16.5. The lowest BCUT2D eigenvalue weighted by molar-refractivity contribution is -0.127. The first-order valence-corrected chi connectivity index (χ1v) is 11.1. The number of benzene rings is 2. The first kappa shape index (κ1) is 22.6. The minimum atomic E-state index is -0.803. The summed E-state index contributed by atoms with van der Waals surface area (Å²) in [6.07, 6.45) is 0.766. The van der Waals surface area contributed by atoms with Crippen molar-refractivity contribution in [1.29, 1.82) is 0 Å². The van der Waals surface area contributed by atoms with E-state index >= 15 is 0 Å². The molecular formula is C24H28N4O2S. The van der Waals surface area contributed by atoms with Gasteiger partial charge in [-0.05, 0) is 49.9 Å². The molecule has 7 heteroatoms. The van der Waals surface area contributed by atoms with Crippen molar-refractivity contribution < 1.29 is 9.59 Å². The number of nitrogens with one attached hydrogen (secondary N) is 1. The van der Waals surface area contributed by atoms with Crippen molar-refractivity contribution in [3.05, 3.63) is 82.4 Å². The lowest BCUT2D eigenvalue weighted by atomic mass is 9.98. The zero-order chi connectivity index (χ0) is 22.4. The average Bonchev–Trinajstić information content (AvgIpc) is 3.29. The van der Waals surface area contributed by atoms with Crippen LogP contribution in [0.15, 0.2) is 60.0 Å². The Morgan fingerprint density at radius 3 is 2.35 bits per heavy atom. The first-order chi connectivity index (χ1) is 14.8. The van der Waals surface area contributed by atoms with E-state index in [1.807, 2.05) is 82.3 Å². The summed E-state index contributed by atoms with van der Waals surface area (Å²) in [5.41, 5.74) is 2.65. The third-order valence-electron chi connectivity index (χ3n) is 5.33. The molecule has 3 aromatic rings. The molecule has 1 heterocycles. The highest BCUT2D eigenvalue weighted by Crippen LogP contribution is 2.27. The van der Waals surface area contributed by atoms with Crippen LogP contribution in [-0.2, 0) is 11.3 Å². The molecule has 3 rings (SSSR count). The third kappa shape index (κ3) is 5.76. The van der Waals surface area contributed by atoms with Crippen LogP contribution in [0.3, 0.4) is 0 Å². The molecule has 0 aliphatic heterocycles. The van der Waals surface area contributed by atoms with Crippen molar-refractivity contribution in [2.75, 3.05) is 0 Å². The van der Waals surface area contributed by atoms with E-state index in [1.165, 1.54) is 0 Å². The molecule has 6 nitrogen and oxygen atoms in total. The Morgan fingerprint density at radius 1 is 1.10 bits per heavy atom. The Balaban J connectivity index is 2.05. The van der Waals surface area contributed by atoms with E-state index in [1.54, 1.807) is 10.3 Å². The van der Waals surface area contributed by atoms with E-state index < -0.39 is 11.6 Å². The number of carbonyl (C=O) groups is 2. The standard InChI is InChI=1S/C24H28N4O2S/c1-5-24(3,4)25-22(29)21(19-9-7-6-8-10-19)28(23(30)20-16-31-27-26-20)15-18-13-11-17(2)12-14-18/h6-14,16,21H,5,15H2,1-4H3,(H,25,29)/t21-/m0/s1. The fraction of sp³-hybridized carbons (Fsp3) is 0.333. The predicted molar refractivity (Wildman–Crippen MR) is 123 cm³/mol. The second kappa shape index (κ2) is 9.83. The van der Waals surface area contributed by atoms with Gasteiger partial charge in [-0.15, -0.1) is 5.10 Å². The van der Waals surface area contributed by atoms with Gasteiger partial charge in [-0.2, -0.15) is 0 Å². The molecule has 0 saturated carbocycles. The van der Waals surface area contributed by atoms with Gasteiger partial charge in [0.2, 0.25) is 5.91 Å². The van der Waals surface area contributed by atoms with Crippen molar-refractivity contribution >= 4 is 23.3 Å². The van der Waals surface area contributed by atoms with E-state index in [9.17, 15) is 9.59 Å². The monoisotopic (exact) mass is 436 g/mol. The van der Waals surface area contributed by atoms with Gasteiger partial charge in [0.05, 0.1) is 0 Å². The largest absolute Gasteiger partial charge is 0.349 e. The summed E-state index contributed by atoms with van der Waals surface area (Å²) in [7, 11) is 0. The number of hydrogen-bond donors (Lipinski definition) is 1. The van der Waals surface area contributed by atoms with E-state index in [2.05, 4.69) is 14.9 Å². The van der Waals surface area contributed by atoms with Crippen molar-refractivity contribution in [2.45, 2.75) is 52.2 Å². The summed E-state index contributed by atoms with van der Waals surface area (Å²) in [4.78, 5) is 28.6. The molecule has 2 amide bonds. The van der Waals surface area contributed by atoms with Gasteiger partial charge in [-0.1, -0.05) is 71.6 Å². The maximum Gasteiger partial charge on any atom is 0.276 e. The molecule has 1 aromatic heterocycles. The van der Waals surface area contributed by atoms with Crippen LogP contribution in [0.5, 0.6) is 0 Å². The van der Waals surface area contributed by atoms with Crippen LogP contribution >= 0.6 is 11.5 Å². The minimum Gasteiger partial charge on any atom is -0.349 e. The van der Waals surface area contributed by atoms with Gasteiger partial charge >= 0.3 is 0 Å². The van der Waals surface area contributed by atoms with Crippen LogP contribution in [0, 0.1) is 6.92 Å². The molecule has 0 fully saturated rings. The van der Waals surface area contributed by atoms with Crippen LogP contribution < -0.4 is 5.32 Å². The zero-order valence-corrected chi connectivity index (χ0v) is 19.1. The highest BCUT2D eigenvalue weighted by Gasteiger charge is 2.35. The minimum absolute atomic E-state index is 0.221. The Labute approximate surface area is 187 Å². The van der Waals surface area contributed by atoms with E-state index in [0.717, 1.165) is 34.6 Å². The molecule has 0 unspecified atom stereocenters. The van der Waals surface area contributed by atoms with Crippen molar-refractivity contribution in [1.82, 2.24) is 19.8 Å². The highest BCUT2D eigenvalue weighted by atomic mass is 32.1. The van der Waals surface area contributed by atoms with Crippen LogP contribution in [0.1, 0.15) is 60.4 Å². The molecule has 2 aromatic carbocycles. The van der Waals surface area contributed by atoms with E-state index in [0.29, 0.717) is 0 Å². The molecule has 1 N–H and O–H groups in total. The van der Waals surface area contributed by atoms with E-state index in [-0.39, 0.29) is 24.1 Å². The number of amides is 2. The Bertz CT molecular complexity index is 1000. The fourth-order valence-electron chi connectivity index (χ4n) is 3.17. The SMILES string of the molecule is CCC(C)(C)NC(=O)[C@H](c1ccccc1)N(Cc1ccc(C)cc1)C(=O)c1csnn1. The Kier molecular flexibility index (Phi) is 7.17. The number of aromatic nitrogens is 2. The Hall–Kier alpha value is -3.06. The lowest BCUT2D eigenvalue weighted by Crippen LogP contribution is -2.50. The van der Waals surface area contributed by atoms with Gasteiger partial charge in [0, 0.05) is 17.5 Å². The van der Waals surface area contributed by atoms with Gasteiger partial charge in [-0.25, -0.2) is 0 Å². The number of nitrogens with zero attached hydrogens (tertiary/aromatic N) is 3. The van der Waals surface area contributed by atoms with Crippen molar-refractivity contribution in [3.8, 4) is 0 Å². The van der Waals surface area contributed by atoms with Crippen LogP contribution in [0.4, 0.5) is 0 Å². The topological polar surface area (TPSA) is 75.2 Å². The lowest BCUT2D eigenvalue weighted by Gasteiger charge is -2.34. The molecule has 0 bridgehead atoms. The highest BCUT2D eigenvalue weighted by molar-refractivity contribution is 7.03. The summed E-state index contributed by atoms with van der Waals surface area (Å²) in [5.74, 6) is -0.547. The molecule has 0 aliphatic rings. The molecular weight excluding hydrogens is 408 g/mol. The second-order valence-electron chi connectivity index (χ2n) is 8.25. The summed E-state index contributed by atoms with van der Waals surface area (Å²) < 4.78 is 3.84. The van der Waals surface area contributed by atoms with Crippen molar-refractivity contribution in [2.24, 2.45) is 0 Å². The molecule has 0 saturated heterocycles. The van der Waals surface area contributed by atoms with Gasteiger partial charge < -0.3 is 10.2 Å². The first-order valence-electron chi connectivity index (χ1n) is 10.3. The van der Waals surface area contributed by atoms with Crippen molar-refractivity contribution in [3.63, 3.8) is 0 Å². The summed E-state index contributed by atoms with van der Waals surface area (Å²) in [6.45, 7) is 8.26. The third-order valence-corrected chi connectivity index (χ3v) is 5.84. The maximum atomic E-state index is 13.5. The Morgan fingerprint density at radius 2 is 1.77 bits per heavy atom. The molecule has 31 heavy (non-hydrogen) atoms.